The Morgan fingerprint density at radius 1 is 1.58 bits per heavy atom. The Bertz CT molecular complexity index is 273. The van der Waals surface area contributed by atoms with Crippen molar-refractivity contribution in [1.82, 2.24) is 0 Å². The van der Waals surface area contributed by atoms with E-state index in [1.807, 2.05) is 18.2 Å². The van der Waals surface area contributed by atoms with Crippen LogP contribution in [-0.4, -0.2) is 5.11 Å². The Morgan fingerprint density at radius 3 is 2.75 bits per heavy atom. The van der Waals surface area contributed by atoms with Gasteiger partial charge in [-0.15, -0.1) is 0 Å². The zero-order valence-electron chi connectivity index (χ0n) is 6.92. The molecule has 0 radical (unpaired) electrons. The molecule has 66 valence electrons. The van der Waals surface area contributed by atoms with Gasteiger partial charge in [-0.05, 0) is 24.1 Å². The summed E-state index contributed by atoms with van der Waals surface area (Å²) in [5.41, 5.74) is 7.40. The summed E-state index contributed by atoms with van der Waals surface area (Å²) in [5, 5.41) is 9.35. The molecule has 0 spiro atoms. The van der Waals surface area contributed by atoms with Crippen molar-refractivity contribution in [3.63, 3.8) is 0 Å². The third-order valence-electron chi connectivity index (χ3n) is 1.75. The highest BCUT2D eigenvalue weighted by Gasteiger charge is 2.05. The number of hydrogen-bond acceptors (Lipinski definition) is 2. The van der Waals surface area contributed by atoms with Gasteiger partial charge in [-0.25, -0.2) is 0 Å². The maximum atomic E-state index is 9.35. The Balaban J connectivity index is 3.08. The van der Waals surface area contributed by atoms with E-state index in [-0.39, 0.29) is 0 Å². The first-order valence-electron chi connectivity index (χ1n) is 3.81. The van der Waals surface area contributed by atoms with Crippen LogP contribution in [0.15, 0.2) is 22.7 Å². The van der Waals surface area contributed by atoms with Crippen LogP contribution in [0.1, 0.15) is 24.2 Å². The van der Waals surface area contributed by atoms with E-state index < -0.39 is 6.10 Å². The van der Waals surface area contributed by atoms with Crippen molar-refractivity contribution in [1.29, 1.82) is 0 Å². The minimum atomic E-state index is -0.453. The predicted octanol–water partition coefficient (Wildman–Crippen LogP) is 1.96. The average Bonchev–Trinajstić information content (AvgIpc) is 2.05. The number of halogens is 1. The van der Waals surface area contributed by atoms with Gasteiger partial charge in [0.15, 0.2) is 0 Å². The molecule has 0 saturated carbocycles. The molecule has 0 bridgehead atoms. The summed E-state index contributed by atoms with van der Waals surface area (Å²) in [6.07, 6.45) is -0.453. The normalized spacial score (nSPS) is 13.0. The highest BCUT2D eigenvalue weighted by Crippen LogP contribution is 2.24. The minimum absolute atomic E-state index is 0.453. The van der Waals surface area contributed by atoms with Crippen LogP contribution in [0.25, 0.3) is 0 Å². The van der Waals surface area contributed by atoms with Crippen LogP contribution in [0.2, 0.25) is 0 Å². The Morgan fingerprint density at radius 2 is 2.25 bits per heavy atom. The average molecular weight is 230 g/mol. The van der Waals surface area contributed by atoms with Crippen LogP contribution >= 0.6 is 15.9 Å². The van der Waals surface area contributed by atoms with Crippen molar-refractivity contribution in [3.05, 3.63) is 33.8 Å². The molecule has 1 aromatic rings. The summed E-state index contributed by atoms with van der Waals surface area (Å²) in [6, 6.07) is 5.76. The molecule has 0 aliphatic rings. The Hall–Kier alpha value is -0.380. The highest BCUT2D eigenvalue weighted by atomic mass is 79.9. The maximum Gasteiger partial charge on any atom is 0.0772 e. The zero-order valence-corrected chi connectivity index (χ0v) is 8.51. The molecular weight excluding hydrogens is 218 g/mol. The van der Waals surface area contributed by atoms with Gasteiger partial charge in [-0.2, -0.15) is 0 Å². The number of rotatable bonds is 2. The van der Waals surface area contributed by atoms with Crippen molar-refractivity contribution >= 4 is 15.9 Å². The van der Waals surface area contributed by atoms with Gasteiger partial charge in [-0.1, -0.05) is 28.1 Å². The van der Waals surface area contributed by atoms with Crippen molar-refractivity contribution < 1.29 is 5.11 Å². The second-order valence-electron chi connectivity index (χ2n) is 2.74. The van der Waals surface area contributed by atoms with E-state index in [2.05, 4.69) is 15.9 Å². The van der Waals surface area contributed by atoms with Gasteiger partial charge in [0, 0.05) is 11.0 Å². The van der Waals surface area contributed by atoms with Gasteiger partial charge in [-0.3, -0.25) is 0 Å². The highest BCUT2D eigenvalue weighted by molar-refractivity contribution is 9.10. The van der Waals surface area contributed by atoms with E-state index in [9.17, 15) is 5.11 Å². The number of aliphatic hydroxyl groups is 1. The first-order chi connectivity index (χ1) is 5.65. The van der Waals surface area contributed by atoms with E-state index in [4.69, 9.17) is 5.73 Å². The number of aliphatic hydroxyl groups excluding tert-OH is 1. The summed E-state index contributed by atoms with van der Waals surface area (Å²) >= 11 is 3.36. The van der Waals surface area contributed by atoms with Crippen LogP contribution < -0.4 is 5.73 Å². The second-order valence-corrected chi connectivity index (χ2v) is 3.59. The SMILES string of the molecule is CC(O)c1cc(CN)ccc1Br. The fourth-order valence-corrected chi connectivity index (χ4v) is 1.62. The zero-order chi connectivity index (χ0) is 9.14. The summed E-state index contributed by atoms with van der Waals surface area (Å²) < 4.78 is 0.926. The summed E-state index contributed by atoms with van der Waals surface area (Å²) in [5.74, 6) is 0. The lowest BCUT2D eigenvalue weighted by atomic mass is 10.1. The molecule has 1 aromatic carbocycles. The molecule has 3 N–H and O–H groups in total. The molecule has 2 nitrogen and oxygen atoms in total. The molecule has 0 saturated heterocycles. The largest absolute Gasteiger partial charge is 0.389 e. The third-order valence-corrected chi connectivity index (χ3v) is 2.47. The molecule has 0 aliphatic heterocycles. The van der Waals surface area contributed by atoms with Gasteiger partial charge in [0.25, 0.3) is 0 Å². The van der Waals surface area contributed by atoms with Gasteiger partial charge >= 0.3 is 0 Å². The smallest absolute Gasteiger partial charge is 0.0772 e. The number of nitrogens with two attached hydrogens (primary N) is 1. The lowest BCUT2D eigenvalue weighted by molar-refractivity contribution is 0.198. The van der Waals surface area contributed by atoms with Gasteiger partial charge in [0.05, 0.1) is 6.10 Å². The van der Waals surface area contributed by atoms with E-state index in [0.717, 1.165) is 15.6 Å². The topological polar surface area (TPSA) is 46.2 Å². The molecule has 1 rings (SSSR count). The fraction of sp³-hybridized carbons (Fsp3) is 0.333. The summed E-state index contributed by atoms with van der Waals surface area (Å²) in [6.45, 7) is 2.24. The number of benzene rings is 1. The van der Waals surface area contributed by atoms with Crippen LogP contribution in [0.3, 0.4) is 0 Å². The monoisotopic (exact) mass is 229 g/mol. The molecule has 3 heteroatoms. The molecule has 12 heavy (non-hydrogen) atoms. The molecule has 0 aliphatic carbocycles. The molecule has 0 heterocycles. The lowest BCUT2D eigenvalue weighted by Crippen LogP contribution is -1.99. The van der Waals surface area contributed by atoms with Crippen molar-refractivity contribution in [3.8, 4) is 0 Å². The van der Waals surface area contributed by atoms with Crippen LogP contribution in [0.4, 0.5) is 0 Å². The van der Waals surface area contributed by atoms with E-state index >= 15 is 0 Å². The second kappa shape index (κ2) is 4.03. The molecule has 0 fully saturated rings. The first kappa shape index (κ1) is 9.71. The molecule has 0 amide bonds. The van der Waals surface area contributed by atoms with Gasteiger partial charge in [0.1, 0.15) is 0 Å². The molecule has 1 unspecified atom stereocenters. The van der Waals surface area contributed by atoms with Crippen LogP contribution in [-0.2, 0) is 6.54 Å². The molecule has 0 aromatic heterocycles. The standard InChI is InChI=1S/C9H12BrNO/c1-6(12)8-4-7(5-11)2-3-9(8)10/h2-4,6,12H,5,11H2,1H3. The lowest BCUT2D eigenvalue weighted by Gasteiger charge is -2.08. The van der Waals surface area contributed by atoms with E-state index in [1.54, 1.807) is 6.92 Å². The minimum Gasteiger partial charge on any atom is -0.389 e. The van der Waals surface area contributed by atoms with Crippen molar-refractivity contribution in [2.45, 2.75) is 19.6 Å². The fourth-order valence-electron chi connectivity index (χ4n) is 1.04. The van der Waals surface area contributed by atoms with Crippen LogP contribution in [0.5, 0.6) is 0 Å². The van der Waals surface area contributed by atoms with Crippen LogP contribution in [0, 0.1) is 0 Å². The molecule has 1 atom stereocenters. The van der Waals surface area contributed by atoms with Gasteiger partial charge < -0.3 is 10.8 Å². The molecular formula is C9H12BrNO. The van der Waals surface area contributed by atoms with Gasteiger partial charge in [0.2, 0.25) is 0 Å². The maximum absolute atomic E-state index is 9.35. The van der Waals surface area contributed by atoms with E-state index in [1.165, 1.54) is 0 Å². The predicted molar refractivity (Wildman–Crippen MR) is 52.7 cm³/mol. The summed E-state index contributed by atoms with van der Waals surface area (Å²) in [4.78, 5) is 0. The first-order valence-corrected chi connectivity index (χ1v) is 4.61. The van der Waals surface area contributed by atoms with Crippen molar-refractivity contribution in [2.24, 2.45) is 5.73 Å². The van der Waals surface area contributed by atoms with E-state index in [0.29, 0.717) is 6.54 Å². The summed E-state index contributed by atoms with van der Waals surface area (Å²) in [7, 11) is 0. The quantitative estimate of drug-likeness (QED) is 0.815. The number of hydrogen-bond donors (Lipinski definition) is 2. The Kier molecular flexibility index (Phi) is 3.26. The third kappa shape index (κ3) is 2.06. The Labute approximate surface area is 80.5 Å². The van der Waals surface area contributed by atoms with Crippen molar-refractivity contribution in [2.75, 3.05) is 0 Å².